The van der Waals surface area contributed by atoms with Gasteiger partial charge in [0.25, 0.3) is 0 Å². The second-order valence-corrected chi connectivity index (χ2v) is 19.9. The van der Waals surface area contributed by atoms with Crippen molar-refractivity contribution in [3.05, 3.63) is 12.2 Å². The molecule has 0 saturated carbocycles. The maximum atomic E-state index is 12.8. The van der Waals surface area contributed by atoms with Gasteiger partial charge in [-0.3, -0.25) is 14.4 Å². The maximum Gasteiger partial charge on any atom is 0.306 e. The summed E-state index contributed by atoms with van der Waals surface area (Å²) in [7, 11) is 0. The lowest BCUT2D eigenvalue weighted by molar-refractivity contribution is -0.167. The van der Waals surface area contributed by atoms with Crippen molar-refractivity contribution < 1.29 is 28.6 Å². The first-order valence-corrected chi connectivity index (χ1v) is 29.2. The van der Waals surface area contributed by atoms with Gasteiger partial charge in [0.1, 0.15) is 13.2 Å². The first-order valence-electron chi connectivity index (χ1n) is 29.2. The van der Waals surface area contributed by atoms with Gasteiger partial charge in [0.2, 0.25) is 0 Å². The van der Waals surface area contributed by atoms with Gasteiger partial charge in [-0.15, -0.1) is 0 Å². The molecule has 0 bridgehead atoms. The van der Waals surface area contributed by atoms with E-state index >= 15 is 0 Å². The minimum Gasteiger partial charge on any atom is -0.462 e. The van der Waals surface area contributed by atoms with Gasteiger partial charge in [-0.2, -0.15) is 0 Å². The van der Waals surface area contributed by atoms with Gasteiger partial charge in [-0.25, -0.2) is 0 Å². The lowest BCUT2D eigenvalue weighted by Crippen LogP contribution is -2.30. The third-order valence-corrected chi connectivity index (χ3v) is 13.3. The van der Waals surface area contributed by atoms with E-state index in [1.165, 1.54) is 231 Å². The lowest BCUT2D eigenvalue weighted by atomic mass is 10.0. The number of allylic oxidation sites excluding steroid dienone is 2. The Hall–Kier alpha value is -1.85. The topological polar surface area (TPSA) is 78.9 Å². The highest BCUT2D eigenvalue weighted by atomic mass is 16.6. The van der Waals surface area contributed by atoms with Crippen LogP contribution < -0.4 is 0 Å². The minimum absolute atomic E-state index is 0.0651. The summed E-state index contributed by atoms with van der Waals surface area (Å²) in [6.07, 6.45) is 62.0. The van der Waals surface area contributed by atoms with Crippen LogP contribution in [0.1, 0.15) is 329 Å². The molecule has 0 aliphatic carbocycles. The number of esters is 3. The number of rotatable bonds is 54. The number of carbonyl (C=O) groups excluding carboxylic acids is 3. The molecule has 0 aliphatic rings. The molecule has 0 fully saturated rings. The Morgan fingerprint density at radius 3 is 0.769 bits per heavy atom. The Labute approximate surface area is 405 Å². The van der Waals surface area contributed by atoms with E-state index in [0.717, 1.165) is 57.8 Å². The van der Waals surface area contributed by atoms with E-state index in [2.05, 4.69) is 32.9 Å². The minimum atomic E-state index is -0.766. The van der Waals surface area contributed by atoms with Crippen LogP contribution in [0.3, 0.4) is 0 Å². The zero-order valence-corrected chi connectivity index (χ0v) is 44.0. The molecule has 0 rings (SSSR count). The third kappa shape index (κ3) is 53.0. The molecule has 0 aromatic rings. The van der Waals surface area contributed by atoms with E-state index in [1.54, 1.807) is 0 Å². The largest absolute Gasteiger partial charge is 0.462 e. The molecule has 0 aromatic heterocycles. The van der Waals surface area contributed by atoms with Gasteiger partial charge >= 0.3 is 17.9 Å². The molecular formula is C59H112O6. The summed E-state index contributed by atoms with van der Waals surface area (Å²) >= 11 is 0. The van der Waals surface area contributed by atoms with Crippen LogP contribution in [0.15, 0.2) is 12.2 Å². The monoisotopic (exact) mass is 917 g/mol. The molecule has 0 saturated heterocycles. The van der Waals surface area contributed by atoms with Crippen molar-refractivity contribution in [2.24, 2.45) is 0 Å². The van der Waals surface area contributed by atoms with Crippen LogP contribution in [0.5, 0.6) is 0 Å². The van der Waals surface area contributed by atoms with Crippen molar-refractivity contribution in [2.75, 3.05) is 13.2 Å². The molecule has 0 N–H and O–H groups in total. The fraction of sp³-hybridized carbons (Fsp3) is 0.915. The summed E-state index contributed by atoms with van der Waals surface area (Å²) < 4.78 is 16.9. The van der Waals surface area contributed by atoms with Crippen molar-refractivity contribution in [2.45, 2.75) is 335 Å². The smallest absolute Gasteiger partial charge is 0.306 e. The van der Waals surface area contributed by atoms with E-state index in [9.17, 15) is 14.4 Å². The lowest BCUT2D eigenvalue weighted by Gasteiger charge is -2.18. The predicted octanol–water partition coefficient (Wildman–Crippen LogP) is 19.3. The van der Waals surface area contributed by atoms with E-state index in [1.807, 2.05) is 0 Å². The van der Waals surface area contributed by atoms with Crippen LogP contribution in [-0.2, 0) is 28.6 Å². The van der Waals surface area contributed by atoms with Crippen LogP contribution in [0.4, 0.5) is 0 Å². The molecule has 0 aromatic carbocycles. The Morgan fingerprint density at radius 1 is 0.292 bits per heavy atom. The molecule has 6 heteroatoms. The fourth-order valence-corrected chi connectivity index (χ4v) is 8.85. The van der Waals surface area contributed by atoms with Crippen LogP contribution in [0.2, 0.25) is 0 Å². The molecule has 0 amide bonds. The molecule has 0 aliphatic heterocycles. The van der Waals surface area contributed by atoms with Crippen molar-refractivity contribution in [3.63, 3.8) is 0 Å². The number of carbonyl (C=O) groups is 3. The molecule has 0 heterocycles. The summed E-state index contributed by atoms with van der Waals surface area (Å²) in [5.74, 6) is -0.844. The highest BCUT2D eigenvalue weighted by molar-refractivity contribution is 5.71. The highest BCUT2D eigenvalue weighted by Crippen LogP contribution is 2.17. The van der Waals surface area contributed by atoms with E-state index < -0.39 is 6.10 Å². The molecule has 65 heavy (non-hydrogen) atoms. The summed E-state index contributed by atoms with van der Waals surface area (Å²) in [5.41, 5.74) is 0. The van der Waals surface area contributed by atoms with Gasteiger partial charge < -0.3 is 14.2 Å². The zero-order chi connectivity index (χ0) is 47.2. The second-order valence-electron chi connectivity index (χ2n) is 19.9. The average Bonchev–Trinajstić information content (AvgIpc) is 3.30. The number of hydrogen-bond donors (Lipinski definition) is 0. The molecule has 0 unspecified atom stereocenters. The van der Waals surface area contributed by atoms with Crippen molar-refractivity contribution in [1.29, 1.82) is 0 Å². The highest BCUT2D eigenvalue weighted by Gasteiger charge is 2.19. The Kier molecular flexibility index (Phi) is 53.2. The second kappa shape index (κ2) is 54.8. The molecule has 384 valence electrons. The normalized spacial score (nSPS) is 12.0. The summed E-state index contributed by atoms with van der Waals surface area (Å²) in [5, 5.41) is 0. The van der Waals surface area contributed by atoms with Crippen LogP contribution in [0.25, 0.3) is 0 Å². The molecular weight excluding hydrogens is 805 g/mol. The van der Waals surface area contributed by atoms with Gasteiger partial charge in [0.15, 0.2) is 6.10 Å². The molecule has 0 spiro atoms. The number of hydrogen-bond acceptors (Lipinski definition) is 6. The van der Waals surface area contributed by atoms with E-state index in [4.69, 9.17) is 14.2 Å². The van der Waals surface area contributed by atoms with Crippen molar-refractivity contribution in [3.8, 4) is 0 Å². The van der Waals surface area contributed by atoms with Gasteiger partial charge in [0, 0.05) is 19.3 Å². The van der Waals surface area contributed by atoms with Crippen molar-refractivity contribution >= 4 is 17.9 Å². The van der Waals surface area contributed by atoms with Crippen molar-refractivity contribution in [1.82, 2.24) is 0 Å². The Balaban J connectivity index is 4.31. The van der Waals surface area contributed by atoms with Gasteiger partial charge in [-0.1, -0.05) is 277 Å². The first kappa shape index (κ1) is 63.1. The third-order valence-electron chi connectivity index (χ3n) is 13.3. The number of ether oxygens (including phenoxy) is 3. The molecule has 6 nitrogen and oxygen atoms in total. The molecule has 1 atom stereocenters. The summed E-state index contributed by atoms with van der Waals surface area (Å²) in [4.78, 5) is 38.1. The quantitative estimate of drug-likeness (QED) is 0.0262. The Bertz CT molecular complexity index is 1010. The standard InChI is InChI=1S/C59H112O6/c1-4-7-10-13-16-19-22-25-28-29-32-34-37-40-43-46-49-52-58(61)64-55-56(65-59(62)53-50-47-44-41-38-35-31-27-24-21-18-15-12-9-6-3)54-63-57(60)51-48-45-42-39-36-33-30-26-23-20-17-14-11-8-5-2/h25,28,56H,4-24,26-27,29-55H2,1-3H3/t56-/m1/s1. The zero-order valence-electron chi connectivity index (χ0n) is 44.0. The number of unbranched alkanes of at least 4 members (excludes halogenated alkanes) is 41. The van der Waals surface area contributed by atoms with Gasteiger partial charge in [0.05, 0.1) is 0 Å². The van der Waals surface area contributed by atoms with Crippen LogP contribution in [0, 0.1) is 0 Å². The SMILES string of the molecule is CCCCCCCCC=CCCCCCCCCCC(=O)OC[C@@H](COC(=O)CCCCCCCCCCCCCCCCC)OC(=O)CCCCCCCCCCCCCCCCC. The van der Waals surface area contributed by atoms with E-state index in [-0.39, 0.29) is 31.1 Å². The first-order chi connectivity index (χ1) is 32.0. The van der Waals surface area contributed by atoms with Crippen LogP contribution in [-0.4, -0.2) is 37.2 Å². The maximum absolute atomic E-state index is 12.8. The summed E-state index contributed by atoms with van der Waals surface area (Å²) in [6, 6.07) is 0. The molecule has 0 radical (unpaired) electrons. The predicted molar refractivity (Wildman–Crippen MR) is 280 cm³/mol. The van der Waals surface area contributed by atoms with Gasteiger partial charge in [-0.05, 0) is 44.9 Å². The summed E-state index contributed by atoms with van der Waals surface area (Å²) in [6.45, 7) is 6.69. The Morgan fingerprint density at radius 2 is 0.508 bits per heavy atom. The average molecular weight is 918 g/mol. The van der Waals surface area contributed by atoms with Crippen LogP contribution >= 0.6 is 0 Å². The fourth-order valence-electron chi connectivity index (χ4n) is 8.85. The van der Waals surface area contributed by atoms with E-state index in [0.29, 0.717) is 19.3 Å².